The molecule has 1 saturated heterocycles. The summed E-state index contributed by atoms with van der Waals surface area (Å²) in [5.41, 5.74) is 6.87. The number of methoxy groups -OCH3 is 1. The summed E-state index contributed by atoms with van der Waals surface area (Å²) < 4.78 is 12.9. The minimum absolute atomic E-state index is 0.276. The Balaban J connectivity index is 2.14. The van der Waals surface area contributed by atoms with Gasteiger partial charge in [-0.2, -0.15) is 0 Å². The summed E-state index contributed by atoms with van der Waals surface area (Å²) >= 11 is 1.49. The van der Waals surface area contributed by atoms with E-state index in [9.17, 15) is 10.2 Å². The van der Waals surface area contributed by atoms with Gasteiger partial charge < -0.3 is 25.4 Å². The summed E-state index contributed by atoms with van der Waals surface area (Å²) in [5, 5.41) is 20.3. The number of aliphatic hydroxyl groups is 2. The van der Waals surface area contributed by atoms with Gasteiger partial charge in [-0.3, -0.25) is 4.57 Å². The van der Waals surface area contributed by atoms with Gasteiger partial charge in [0.15, 0.2) is 28.4 Å². The second-order valence-electron chi connectivity index (χ2n) is 5.07. The number of hydrogen-bond donors (Lipinski definition) is 3. The van der Waals surface area contributed by atoms with Gasteiger partial charge in [0.05, 0.1) is 6.61 Å². The zero-order valence-electron chi connectivity index (χ0n) is 12.8. The number of anilines is 1. The highest BCUT2D eigenvalue weighted by molar-refractivity contribution is 7.99. The summed E-state index contributed by atoms with van der Waals surface area (Å²) in [6.07, 6.45) is -1.66. The molecule has 9 nitrogen and oxygen atoms in total. The molecule has 3 rings (SSSR count). The van der Waals surface area contributed by atoms with Crippen LogP contribution in [0, 0.1) is 0 Å². The van der Waals surface area contributed by atoms with Crippen LogP contribution in [0.25, 0.3) is 11.2 Å². The Morgan fingerprint density at radius 1 is 1.48 bits per heavy atom. The van der Waals surface area contributed by atoms with Gasteiger partial charge >= 0.3 is 0 Å². The van der Waals surface area contributed by atoms with Gasteiger partial charge in [-0.15, -0.1) is 0 Å². The molecule has 4 N–H and O–H groups in total. The van der Waals surface area contributed by atoms with Crippen molar-refractivity contribution in [2.24, 2.45) is 0 Å². The Labute approximate surface area is 136 Å². The number of rotatable bonds is 5. The molecule has 0 radical (unpaired) electrons. The summed E-state index contributed by atoms with van der Waals surface area (Å²) in [4.78, 5) is 12.7. The molecular formula is C13H19N5O4S. The first-order valence-electron chi connectivity index (χ1n) is 7.20. The van der Waals surface area contributed by atoms with Crippen molar-refractivity contribution in [3.8, 4) is 0 Å². The molecule has 0 spiro atoms. The maximum Gasteiger partial charge on any atom is 0.172 e. The number of ether oxygens (including phenoxy) is 2. The third-order valence-electron chi connectivity index (χ3n) is 3.77. The Morgan fingerprint density at radius 2 is 2.26 bits per heavy atom. The summed E-state index contributed by atoms with van der Waals surface area (Å²) in [7, 11) is 1.49. The number of nitrogens with zero attached hydrogens (tertiary/aromatic N) is 4. The quantitative estimate of drug-likeness (QED) is 0.632. The van der Waals surface area contributed by atoms with E-state index in [0.29, 0.717) is 16.3 Å². The fourth-order valence-electron chi connectivity index (χ4n) is 2.70. The molecule has 2 aromatic heterocycles. The molecule has 1 aliphatic rings. The standard InChI is InChI=1S/C13H19N5O4S/c1-3-23-13-17-7-10(14)15-5-16-11(7)18(13)12-9(21-2)8(20)6(4-19)22-12/h5-6,8-9,12,19-20H,3-4H2,1-2H3,(H2,14,15,16)/t6-,8-,9-,12-/m1/s1. The molecule has 0 saturated carbocycles. The van der Waals surface area contributed by atoms with Crippen LogP contribution in [-0.4, -0.2) is 67.5 Å². The molecular weight excluding hydrogens is 322 g/mol. The second-order valence-corrected chi connectivity index (χ2v) is 6.30. The molecule has 0 bridgehead atoms. The van der Waals surface area contributed by atoms with E-state index in [2.05, 4.69) is 15.0 Å². The van der Waals surface area contributed by atoms with Gasteiger partial charge in [0, 0.05) is 7.11 Å². The highest BCUT2D eigenvalue weighted by atomic mass is 32.2. The van der Waals surface area contributed by atoms with Crippen molar-refractivity contribution in [3.05, 3.63) is 6.33 Å². The van der Waals surface area contributed by atoms with E-state index in [0.717, 1.165) is 5.75 Å². The lowest BCUT2D eigenvalue weighted by atomic mass is 10.1. The van der Waals surface area contributed by atoms with Crippen molar-refractivity contribution in [1.82, 2.24) is 19.5 Å². The minimum Gasteiger partial charge on any atom is -0.394 e. The summed E-state index contributed by atoms with van der Waals surface area (Å²) in [6, 6.07) is 0. The van der Waals surface area contributed by atoms with Gasteiger partial charge in [-0.05, 0) is 5.75 Å². The van der Waals surface area contributed by atoms with Crippen LogP contribution in [0.5, 0.6) is 0 Å². The lowest BCUT2D eigenvalue weighted by molar-refractivity contribution is -0.0623. The molecule has 2 aromatic rings. The molecule has 0 aromatic carbocycles. The van der Waals surface area contributed by atoms with Crippen molar-refractivity contribution < 1.29 is 19.7 Å². The third-order valence-corrected chi connectivity index (χ3v) is 4.60. The van der Waals surface area contributed by atoms with Crippen molar-refractivity contribution in [2.75, 3.05) is 25.2 Å². The van der Waals surface area contributed by atoms with Crippen LogP contribution in [0.15, 0.2) is 11.5 Å². The highest BCUT2D eigenvalue weighted by Gasteiger charge is 2.46. The maximum atomic E-state index is 10.3. The van der Waals surface area contributed by atoms with Gasteiger partial charge in [0.1, 0.15) is 24.6 Å². The first-order chi connectivity index (χ1) is 11.1. The molecule has 0 amide bonds. The van der Waals surface area contributed by atoms with E-state index in [-0.39, 0.29) is 12.4 Å². The van der Waals surface area contributed by atoms with Crippen molar-refractivity contribution >= 4 is 28.7 Å². The number of fused-ring (bicyclic) bond motifs is 1. The Hall–Kier alpha value is -1.46. The predicted octanol–water partition coefficient (Wildman–Crippen LogP) is -0.214. The molecule has 1 fully saturated rings. The zero-order chi connectivity index (χ0) is 16.6. The average Bonchev–Trinajstić information content (AvgIpc) is 3.05. The molecule has 0 aliphatic carbocycles. The number of aliphatic hydroxyl groups excluding tert-OH is 2. The number of aromatic nitrogens is 4. The Kier molecular flexibility index (Phi) is 4.69. The van der Waals surface area contributed by atoms with E-state index in [1.165, 1.54) is 25.2 Å². The fourth-order valence-corrected chi connectivity index (χ4v) is 3.44. The molecule has 23 heavy (non-hydrogen) atoms. The summed E-state index contributed by atoms with van der Waals surface area (Å²) in [5.74, 6) is 1.06. The van der Waals surface area contributed by atoms with Crippen LogP contribution >= 0.6 is 11.8 Å². The third kappa shape index (κ3) is 2.66. The number of hydrogen-bond acceptors (Lipinski definition) is 9. The fraction of sp³-hybridized carbons (Fsp3) is 0.615. The topological polar surface area (TPSA) is 129 Å². The molecule has 1 aliphatic heterocycles. The van der Waals surface area contributed by atoms with E-state index < -0.39 is 24.5 Å². The number of imidazole rings is 1. The first kappa shape index (κ1) is 16.4. The highest BCUT2D eigenvalue weighted by Crippen LogP contribution is 2.37. The monoisotopic (exact) mass is 341 g/mol. The van der Waals surface area contributed by atoms with Gasteiger partial charge in [-0.1, -0.05) is 18.7 Å². The van der Waals surface area contributed by atoms with Crippen LogP contribution in [-0.2, 0) is 9.47 Å². The lowest BCUT2D eigenvalue weighted by Gasteiger charge is -2.21. The largest absolute Gasteiger partial charge is 0.394 e. The zero-order valence-corrected chi connectivity index (χ0v) is 13.6. The van der Waals surface area contributed by atoms with Crippen LogP contribution in [0.2, 0.25) is 0 Å². The van der Waals surface area contributed by atoms with Crippen molar-refractivity contribution in [3.63, 3.8) is 0 Å². The molecule has 0 unspecified atom stereocenters. The first-order valence-corrected chi connectivity index (χ1v) is 8.19. The Morgan fingerprint density at radius 3 is 2.91 bits per heavy atom. The van der Waals surface area contributed by atoms with Crippen LogP contribution < -0.4 is 5.73 Å². The number of nitrogen functional groups attached to an aromatic ring is 1. The summed E-state index contributed by atoms with van der Waals surface area (Å²) in [6.45, 7) is 1.69. The SMILES string of the molecule is CCSc1nc2c(N)ncnc2n1[C@@H]1O[C@H](CO)[C@@H](O)[C@H]1OC. The van der Waals surface area contributed by atoms with Crippen LogP contribution in [0.3, 0.4) is 0 Å². The molecule has 126 valence electrons. The smallest absolute Gasteiger partial charge is 0.172 e. The Bertz CT molecular complexity index is 696. The van der Waals surface area contributed by atoms with Gasteiger partial charge in [0.25, 0.3) is 0 Å². The number of nitrogens with two attached hydrogens (primary N) is 1. The molecule has 3 heterocycles. The van der Waals surface area contributed by atoms with Crippen LogP contribution in [0.4, 0.5) is 5.82 Å². The van der Waals surface area contributed by atoms with Crippen LogP contribution in [0.1, 0.15) is 13.2 Å². The van der Waals surface area contributed by atoms with E-state index in [1.54, 1.807) is 4.57 Å². The van der Waals surface area contributed by atoms with E-state index >= 15 is 0 Å². The number of thioether (sulfide) groups is 1. The molecule has 10 heteroatoms. The lowest BCUT2D eigenvalue weighted by Crippen LogP contribution is -2.34. The normalized spacial score (nSPS) is 27.8. The van der Waals surface area contributed by atoms with E-state index in [4.69, 9.17) is 15.2 Å². The van der Waals surface area contributed by atoms with Gasteiger partial charge in [0.2, 0.25) is 0 Å². The van der Waals surface area contributed by atoms with Crippen molar-refractivity contribution in [1.29, 1.82) is 0 Å². The molecule has 4 atom stereocenters. The van der Waals surface area contributed by atoms with Gasteiger partial charge in [-0.25, -0.2) is 15.0 Å². The van der Waals surface area contributed by atoms with Crippen molar-refractivity contribution in [2.45, 2.75) is 36.6 Å². The van der Waals surface area contributed by atoms with E-state index in [1.807, 2.05) is 6.92 Å². The second kappa shape index (κ2) is 6.57. The average molecular weight is 341 g/mol. The minimum atomic E-state index is -0.953. The maximum absolute atomic E-state index is 10.3. The predicted molar refractivity (Wildman–Crippen MR) is 83.9 cm³/mol.